The highest BCUT2D eigenvalue weighted by atomic mass is 16.8. The summed E-state index contributed by atoms with van der Waals surface area (Å²) in [6.45, 7) is -3.33. The predicted molar refractivity (Wildman–Crippen MR) is 111 cm³/mol. The van der Waals surface area contributed by atoms with Crippen molar-refractivity contribution in [3.05, 3.63) is 0 Å². The Labute approximate surface area is 224 Å². The van der Waals surface area contributed by atoms with Crippen molar-refractivity contribution >= 4 is 23.9 Å². The quantitative estimate of drug-likeness (QED) is 0.0457. The number of hydrogen-bond donors (Lipinski definition) is 9. The largest absolute Gasteiger partial charge is 0.463 e. The molecule has 5 atom stereocenters. The third-order valence-electron chi connectivity index (χ3n) is 4.88. The Morgan fingerprint density at radius 2 is 0.900 bits per heavy atom. The molecule has 1 saturated heterocycles. The van der Waals surface area contributed by atoms with Crippen LogP contribution >= 0.6 is 0 Å². The standard InChI is InChI=1S/C18H32N4O18/c23-11(1-5-19(28)29)36-9-10-15(38-12(24)2-6-20(30)31)16(39-13(25)3-7-21(32)33)17(18(27)37-10)40-14(26)4-8-22(34)35/h10,15-18,27-35H,1-9H2/t10-,15+,16+,17+,18-/m1/s1. The van der Waals surface area contributed by atoms with Crippen LogP contribution in [0.1, 0.15) is 25.7 Å². The zero-order valence-electron chi connectivity index (χ0n) is 20.7. The molecule has 0 aromatic rings. The van der Waals surface area contributed by atoms with Crippen molar-refractivity contribution in [2.45, 2.75) is 56.4 Å². The van der Waals surface area contributed by atoms with E-state index in [1.54, 1.807) is 0 Å². The third kappa shape index (κ3) is 14.1. The van der Waals surface area contributed by atoms with E-state index >= 15 is 0 Å². The van der Waals surface area contributed by atoms with Gasteiger partial charge in [-0.3, -0.25) is 60.8 Å². The molecule has 0 bridgehead atoms. The molecule has 0 saturated carbocycles. The molecule has 0 aromatic carbocycles. The van der Waals surface area contributed by atoms with Gasteiger partial charge >= 0.3 is 23.9 Å². The van der Waals surface area contributed by atoms with Crippen molar-refractivity contribution < 1.29 is 89.6 Å². The van der Waals surface area contributed by atoms with Gasteiger partial charge in [0.2, 0.25) is 0 Å². The van der Waals surface area contributed by atoms with E-state index in [1.165, 1.54) is 0 Å². The molecule has 1 fully saturated rings. The summed E-state index contributed by atoms with van der Waals surface area (Å²) in [4.78, 5) is 48.9. The Morgan fingerprint density at radius 1 is 0.550 bits per heavy atom. The average Bonchev–Trinajstić information content (AvgIpc) is 2.86. The molecule has 232 valence electrons. The summed E-state index contributed by atoms with van der Waals surface area (Å²) in [7, 11) is 0. The van der Waals surface area contributed by atoms with Crippen molar-refractivity contribution in [3.63, 3.8) is 0 Å². The predicted octanol–water partition coefficient (Wildman–Crippen LogP) is -3.14. The second-order valence-electron chi connectivity index (χ2n) is 8.00. The topological polar surface area (TPSA) is 309 Å². The summed E-state index contributed by atoms with van der Waals surface area (Å²) < 4.78 is 25.6. The van der Waals surface area contributed by atoms with Gasteiger partial charge in [-0.2, -0.15) is 0 Å². The molecule has 0 unspecified atom stereocenters. The smallest absolute Gasteiger partial charge is 0.307 e. The minimum Gasteiger partial charge on any atom is -0.463 e. The van der Waals surface area contributed by atoms with Crippen LogP contribution in [0.3, 0.4) is 0 Å². The molecule has 9 N–H and O–H groups in total. The monoisotopic (exact) mass is 592 g/mol. The van der Waals surface area contributed by atoms with Gasteiger partial charge in [0.15, 0.2) is 24.6 Å². The number of ether oxygens (including phenoxy) is 5. The molecule has 0 spiro atoms. The van der Waals surface area contributed by atoms with E-state index in [1.807, 2.05) is 0 Å². The van der Waals surface area contributed by atoms with Crippen molar-refractivity contribution in [2.24, 2.45) is 0 Å². The van der Waals surface area contributed by atoms with Crippen LogP contribution in [0.2, 0.25) is 0 Å². The van der Waals surface area contributed by atoms with Crippen molar-refractivity contribution in [1.29, 1.82) is 0 Å². The van der Waals surface area contributed by atoms with Crippen LogP contribution in [0.5, 0.6) is 0 Å². The molecule has 0 aromatic heterocycles. The number of hydroxylamine groups is 8. The summed E-state index contributed by atoms with van der Waals surface area (Å²) >= 11 is 0. The van der Waals surface area contributed by atoms with E-state index in [-0.39, 0.29) is 20.9 Å². The summed E-state index contributed by atoms with van der Waals surface area (Å²) in [6, 6.07) is 0. The number of nitrogens with zero attached hydrogens (tertiary/aromatic N) is 4. The van der Waals surface area contributed by atoms with Crippen LogP contribution in [-0.4, -0.2) is 155 Å². The molecule has 40 heavy (non-hydrogen) atoms. The van der Waals surface area contributed by atoms with E-state index in [4.69, 9.17) is 65.3 Å². The van der Waals surface area contributed by atoms with E-state index in [9.17, 15) is 24.3 Å². The molecule has 22 heteroatoms. The van der Waals surface area contributed by atoms with E-state index in [0.29, 0.717) is 0 Å². The number of carbonyl (C=O) groups excluding carboxylic acids is 4. The Kier molecular flexibility index (Phi) is 15.8. The van der Waals surface area contributed by atoms with Gasteiger partial charge in [-0.15, -0.1) is 0 Å². The first-order chi connectivity index (χ1) is 18.7. The minimum absolute atomic E-state index is 0.292. The van der Waals surface area contributed by atoms with E-state index < -0.39 is 113 Å². The summed E-state index contributed by atoms with van der Waals surface area (Å²) in [6.07, 6.45) is -11.9. The maximum Gasteiger partial charge on any atom is 0.307 e. The first kappa shape index (κ1) is 35.3. The summed E-state index contributed by atoms with van der Waals surface area (Å²) in [5.74, 6) is -4.55. The van der Waals surface area contributed by atoms with Crippen molar-refractivity contribution in [3.8, 4) is 0 Å². The zero-order chi connectivity index (χ0) is 30.4. The fraction of sp³-hybridized carbons (Fsp3) is 0.778. The van der Waals surface area contributed by atoms with Crippen LogP contribution in [0, 0.1) is 0 Å². The normalized spacial score (nSPS) is 23.0. The lowest BCUT2D eigenvalue weighted by atomic mass is 9.98. The number of aliphatic hydroxyl groups is 1. The molecule has 22 nitrogen and oxygen atoms in total. The zero-order valence-corrected chi connectivity index (χ0v) is 20.7. The van der Waals surface area contributed by atoms with Crippen LogP contribution < -0.4 is 0 Å². The second-order valence-corrected chi connectivity index (χ2v) is 8.00. The number of hydrogen-bond acceptors (Lipinski definition) is 22. The highest BCUT2D eigenvalue weighted by molar-refractivity contribution is 5.72. The Hall–Kier alpha value is -2.68. The van der Waals surface area contributed by atoms with Crippen LogP contribution in [0.4, 0.5) is 0 Å². The maximum atomic E-state index is 12.4. The van der Waals surface area contributed by atoms with Crippen molar-refractivity contribution in [2.75, 3.05) is 32.8 Å². The fourth-order valence-corrected chi connectivity index (χ4v) is 3.08. The van der Waals surface area contributed by atoms with Gasteiger partial charge < -0.3 is 28.8 Å². The third-order valence-corrected chi connectivity index (χ3v) is 4.88. The number of rotatable bonds is 17. The highest BCUT2D eigenvalue weighted by Crippen LogP contribution is 2.29. The number of esters is 4. The first-order valence-corrected chi connectivity index (χ1v) is 11.4. The molecule has 1 rings (SSSR count). The first-order valence-electron chi connectivity index (χ1n) is 11.4. The SMILES string of the molecule is O=C(CCN(O)O)OC[C@H]1O[C@@H](O)[C@@H](OC(=O)CCN(O)O)[C@@H](OC(=O)CCN(O)O)[C@H]1OC(=O)CCN(O)O. The average molecular weight is 592 g/mol. The molecule has 1 aliphatic rings. The fourth-order valence-electron chi connectivity index (χ4n) is 3.08. The molecule has 0 amide bonds. The van der Waals surface area contributed by atoms with Gasteiger partial charge in [0, 0.05) is 0 Å². The molecule has 1 heterocycles. The molecule has 0 aliphatic carbocycles. The molecule has 0 radical (unpaired) electrons. The van der Waals surface area contributed by atoms with Gasteiger partial charge in [-0.25, -0.2) is 0 Å². The number of aliphatic hydroxyl groups excluding tert-OH is 1. The van der Waals surface area contributed by atoms with Gasteiger partial charge in [-0.1, -0.05) is 20.9 Å². The Balaban J connectivity index is 3.24. The van der Waals surface area contributed by atoms with Gasteiger partial charge in [0.25, 0.3) is 0 Å². The molecule has 1 aliphatic heterocycles. The lowest BCUT2D eigenvalue weighted by molar-refractivity contribution is -0.313. The van der Waals surface area contributed by atoms with Crippen LogP contribution in [0.25, 0.3) is 0 Å². The van der Waals surface area contributed by atoms with E-state index in [0.717, 1.165) is 0 Å². The van der Waals surface area contributed by atoms with E-state index in [2.05, 4.69) is 0 Å². The van der Waals surface area contributed by atoms with Crippen molar-refractivity contribution in [1.82, 2.24) is 20.9 Å². The lowest BCUT2D eigenvalue weighted by Crippen LogP contribution is -2.62. The minimum atomic E-state index is -2.12. The number of carbonyl (C=O) groups is 4. The molecular formula is C18H32N4O18. The molecular weight excluding hydrogens is 560 g/mol. The second kappa shape index (κ2) is 17.9. The van der Waals surface area contributed by atoms with Crippen LogP contribution in [0.15, 0.2) is 0 Å². The van der Waals surface area contributed by atoms with Gasteiger partial charge in [-0.05, 0) is 0 Å². The highest BCUT2D eigenvalue weighted by Gasteiger charge is 2.52. The van der Waals surface area contributed by atoms with Gasteiger partial charge in [0.05, 0.1) is 51.9 Å². The van der Waals surface area contributed by atoms with Gasteiger partial charge in [0.1, 0.15) is 12.7 Å². The summed E-state index contributed by atoms with van der Waals surface area (Å²) in [5, 5.41) is 79.6. The maximum absolute atomic E-state index is 12.4. The Bertz CT molecular complexity index is 814. The Morgan fingerprint density at radius 3 is 1.30 bits per heavy atom. The van der Waals surface area contributed by atoms with Crippen LogP contribution in [-0.2, 0) is 42.9 Å². The summed E-state index contributed by atoms with van der Waals surface area (Å²) in [5.41, 5.74) is 0. The lowest BCUT2D eigenvalue weighted by Gasteiger charge is -2.43.